The lowest BCUT2D eigenvalue weighted by molar-refractivity contribution is 0.0972. The Hall–Kier alpha value is -1.33. The van der Waals surface area contributed by atoms with Crippen molar-refractivity contribution in [3.63, 3.8) is 0 Å². The molecule has 6 heteroatoms. The normalized spacial score (nSPS) is 10.5. The summed E-state index contributed by atoms with van der Waals surface area (Å²) in [5.74, 6) is 0.861. The zero-order valence-corrected chi connectivity index (χ0v) is 10.6. The molecule has 0 unspecified atom stereocenters. The number of carbonyl (C=O) groups is 1. The number of Topliss-reactive ketones (excluding diaryl/α,β-unsaturated/α-hetero) is 1. The van der Waals surface area contributed by atoms with Crippen LogP contribution in [0.5, 0.6) is 0 Å². The van der Waals surface area contributed by atoms with Crippen LogP contribution in [0.15, 0.2) is 33.7 Å². The lowest BCUT2D eigenvalue weighted by Crippen LogP contribution is -1.92. The van der Waals surface area contributed by atoms with Crippen molar-refractivity contribution in [1.29, 1.82) is 0 Å². The first-order valence-electron chi connectivity index (χ1n) is 4.87. The number of hydrogen-bond acceptors (Lipinski definition) is 5. The molecule has 17 heavy (non-hydrogen) atoms. The Kier molecular flexibility index (Phi) is 3.81. The van der Waals surface area contributed by atoms with Crippen molar-refractivity contribution in [2.75, 3.05) is 0 Å². The first-order chi connectivity index (χ1) is 8.15. The first kappa shape index (κ1) is 12.1. The molecule has 0 amide bonds. The van der Waals surface area contributed by atoms with Crippen LogP contribution in [0.3, 0.4) is 0 Å². The molecule has 4 nitrogen and oxygen atoms in total. The Bertz CT molecular complexity index is 542. The molecule has 2 rings (SSSR count). The molecule has 0 saturated heterocycles. The number of rotatable bonds is 4. The smallest absolute Gasteiger partial charge is 0.293 e. The van der Waals surface area contributed by atoms with E-state index in [0.717, 1.165) is 4.90 Å². The van der Waals surface area contributed by atoms with Crippen molar-refractivity contribution >= 4 is 29.1 Å². The highest BCUT2D eigenvalue weighted by Gasteiger charge is 2.10. The van der Waals surface area contributed by atoms with Crippen LogP contribution >= 0.6 is 23.4 Å². The zero-order valence-electron chi connectivity index (χ0n) is 9.01. The maximum absolute atomic E-state index is 11.0. The molecule has 1 aromatic carbocycles. The number of ketones is 1. The maximum Gasteiger partial charge on any atom is 0.293 e. The van der Waals surface area contributed by atoms with Crippen molar-refractivity contribution in [1.82, 2.24) is 10.1 Å². The average molecular weight is 269 g/mol. The number of benzene rings is 1. The fourth-order valence-electron chi connectivity index (χ4n) is 1.16. The third kappa shape index (κ3) is 3.31. The van der Waals surface area contributed by atoms with Gasteiger partial charge in [-0.3, -0.25) is 4.79 Å². The van der Waals surface area contributed by atoms with E-state index in [2.05, 4.69) is 10.1 Å². The summed E-state index contributed by atoms with van der Waals surface area (Å²) in [7, 11) is 0. The third-order valence-electron chi connectivity index (χ3n) is 1.93. The zero-order chi connectivity index (χ0) is 12.3. The molecule has 0 aliphatic carbocycles. The first-order valence-corrected chi connectivity index (χ1v) is 6.23. The van der Waals surface area contributed by atoms with Crippen LogP contribution in [0.1, 0.15) is 23.4 Å². The lowest BCUT2D eigenvalue weighted by Gasteiger charge is -1.98. The number of carbonyl (C=O) groups excluding carboxylic acids is 1. The second kappa shape index (κ2) is 5.33. The van der Waals surface area contributed by atoms with Crippen LogP contribution in [0.25, 0.3) is 0 Å². The predicted octanol–water partition coefficient (Wildman–Crippen LogP) is 3.22. The largest absolute Gasteiger partial charge is 0.331 e. The standard InChI is InChI=1S/C11H9ClN2O2S/c1-7(15)11-13-10(14-16-11)6-17-9-4-2-3-8(12)5-9/h2-5H,6H2,1H3. The lowest BCUT2D eigenvalue weighted by atomic mass is 10.4. The van der Waals surface area contributed by atoms with Gasteiger partial charge >= 0.3 is 0 Å². The number of hydrogen-bond donors (Lipinski definition) is 0. The van der Waals surface area contributed by atoms with Gasteiger partial charge in [0.05, 0.1) is 5.75 Å². The van der Waals surface area contributed by atoms with E-state index in [4.69, 9.17) is 16.1 Å². The molecule has 0 saturated carbocycles. The minimum Gasteiger partial charge on any atom is -0.331 e. The van der Waals surface area contributed by atoms with Crippen LogP contribution in [-0.4, -0.2) is 15.9 Å². The van der Waals surface area contributed by atoms with Crippen LogP contribution in [0.4, 0.5) is 0 Å². The van der Waals surface area contributed by atoms with Gasteiger partial charge in [-0.15, -0.1) is 11.8 Å². The molecule has 0 aliphatic rings. The molecule has 0 bridgehead atoms. The van der Waals surface area contributed by atoms with E-state index in [0.29, 0.717) is 16.6 Å². The highest BCUT2D eigenvalue weighted by molar-refractivity contribution is 7.98. The third-order valence-corrected chi connectivity index (χ3v) is 3.16. The van der Waals surface area contributed by atoms with Crippen LogP contribution in [0.2, 0.25) is 5.02 Å². The quantitative estimate of drug-likeness (QED) is 0.629. The molecular formula is C11H9ClN2O2S. The Morgan fingerprint density at radius 3 is 3.00 bits per heavy atom. The van der Waals surface area contributed by atoms with Gasteiger partial charge in [0.25, 0.3) is 5.89 Å². The second-order valence-corrected chi connectivity index (χ2v) is 4.80. The van der Waals surface area contributed by atoms with Crippen LogP contribution in [-0.2, 0) is 5.75 Å². The monoisotopic (exact) mass is 268 g/mol. The molecule has 0 radical (unpaired) electrons. The van der Waals surface area contributed by atoms with Gasteiger partial charge in [0.15, 0.2) is 5.82 Å². The Morgan fingerprint density at radius 1 is 1.53 bits per heavy atom. The topological polar surface area (TPSA) is 56.0 Å². The Balaban J connectivity index is 2.00. The second-order valence-electron chi connectivity index (χ2n) is 3.32. The number of thioether (sulfide) groups is 1. The van der Waals surface area contributed by atoms with E-state index in [9.17, 15) is 4.79 Å². The summed E-state index contributed by atoms with van der Waals surface area (Å²) in [4.78, 5) is 15.9. The Labute approximate surface area is 107 Å². The van der Waals surface area contributed by atoms with Crippen LogP contribution < -0.4 is 0 Å². The summed E-state index contributed by atoms with van der Waals surface area (Å²) >= 11 is 7.40. The molecular weight excluding hydrogens is 260 g/mol. The van der Waals surface area contributed by atoms with Gasteiger partial charge in [-0.25, -0.2) is 0 Å². The van der Waals surface area contributed by atoms with Gasteiger partial charge < -0.3 is 4.52 Å². The fourth-order valence-corrected chi connectivity index (χ4v) is 2.21. The minimum atomic E-state index is -0.225. The predicted molar refractivity (Wildman–Crippen MR) is 65.3 cm³/mol. The minimum absolute atomic E-state index is 0.0479. The van der Waals surface area contributed by atoms with Gasteiger partial charge in [-0.1, -0.05) is 22.8 Å². The molecule has 2 aromatic rings. The SMILES string of the molecule is CC(=O)c1nc(CSc2cccc(Cl)c2)no1. The van der Waals surface area contributed by atoms with E-state index >= 15 is 0 Å². The summed E-state index contributed by atoms with van der Waals surface area (Å²) in [6.07, 6.45) is 0. The summed E-state index contributed by atoms with van der Waals surface area (Å²) in [5.41, 5.74) is 0. The average Bonchev–Trinajstić information content (AvgIpc) is 2.75. The summed E-state index contributed by atoms with van der Waals surface area (Å²) in [6, 6.07) is 7.50. The molecule has 0 N–H and O–H groups in total. The molecule has 0 aliphatic heterocycles. The summed E-state index contributed by atoms with van der Waals surface area (Å²) < 4.78 is 4.79. The summed E-state index contributed by atoms with van der Waals surface area (Å²) in [6.45, 7) is 1.39. The highest BCUT2D eigenvalue weighted by Crippen LogP contribution is 2.24. The van der Waals surface area contributed by atoms with Gasteiger partial charge in [0.1, 0.15) is 0 Å². The van der Waals surface area contributed by atoms with Gasteiger partial charge in [-0.05, 0) is 18.2 Å². The van der Waals surface area contributed by atoms with E-state index in [1.807, 2.05) is 24.3 Å². The number of nitrogens with zero attached hydrogens (tertiary/aromatic N) is 2. The number of aromatic nitrogens is 2. The van der Waals surface area contributed by atoms with Gasteiger partial charge in [0, 0.05) is 16.8 Å². The Morgan fingerprint density at radius 2 is 2.35 bits per heavy atom. The molecule has 88 valence electrons. The van der Waals surface area contributed by atoms with Crippen molar-refractivity contribution in [3.05, 3.63) is 41.0 Å². The van der Waals surface area contributed by atoms with E-state index < -0.39 is 0 Å². The van der Waals surface area contributed by atoms with Crippen molar-refractivity contribution in [2.45, 2.75) is 17.6 Å². The maximum atomic E-state index is 11.0. The fraction of sp³-hybridized carbons (Fsp3) is 0.182. The van der Waals surface area contributed by atoms with Crippen molar-refractivity contribution < 1.29 is 9.32 Å². The van der Waals surface area contributed by atoms with Gasteiger partial charge in [0.2, 0.25) is 5.78 Å². The molecule has 0 atom stereocenters. The van der Waals surface area contributed by atoms with E-state index in [-0.39, 0.29) is 11.7 Å². The van der Waals surface area contributed by atoms with E-state index in [1.54, 1.807) is 0 Å². The van der Waals surface area contributed by atoms with Crippen LogP contribution in [0, 0.1) is 0 Å². The van der Waals surface area contributed by atoms with Crippen molar-refractivity contribution in [3.8, 4) is 0 Å². The molecule has 1 aromatic heterocycles. The molecule has 0 fully saturated rings. The molecule has 0 spiro atoms. The molecule has 1 heterocycles. The number of halogens is 1. The van der Waals surface area contributed by atoms with E-state index in [1.165, 1.54) is 18.7 Å². The van der Waals surface area contributed by atoms with Crippen molar-refractivity contribution in [2.24, 2.45) is 0 Å². The highest BCUT2D eigenvalue weighted by atomic mass is 35.5. The van der Waals surface area contributed by atoms with Gasteiger partial charge in [-0.2, -0.15) is 4.98 Å². The summed E-state index contributed by atoms with van der Waals surface area (Å²) in [5, 5.41) is 4.40.